The van der Waals surface area contributed by atoms with E-state index in [0.29, 0.717) is 0 Å². The van der Waals surface area contributed by atoms with Crippen molar-refractivity contribution < 1.29 is 13.2 Å². The van der Waals surface area contributed by atoms with Crippen LogP contribution in [0.1, 0.15) is 12.0 Å². The molecule has 0 saturated carbocycles. The fourth-order valence-corrected chi connectivity index (χ4v) is 1.99. The molecule has 1 atom stereocenters. The van der Waals surface area contributed by atoms with Gasteiger partial charge < -0.3 is 5.73 Å². The molecule has 2 N–H and O–H groups in total. The lowest BCUT2D eigenvalue weighted by molar-refractivity contribution is -0.138. The molecule has 0 spiro atoms. The number of nitrogens with zero attached hydrogens (tertiary/aromatic N) is 1. The first-order valence-corrected chi connectivity index (χ1v) is 5.61. The largest absolute Gasteiger partial charge is 0.390 e. The first-order chi connectivity index (χ1) is 8.46. The predicted molar refractivity (Wildman–Crippen MR) is 64.1 cm³/mol. The Morgan fingerprint density at radius 1 is 1.17 bits per heavy atom. The van der Waals surface area contributed by atoms with Crippen molar-refractivity contribution >= 4 is 10.9 Å². The number of aromatic nitrogens is 1. The zero-order valence-corrected chi connectivity index (χ0v) is 9.61. The van der Waals surface area contributed by atoms with Crippen LogP contribution in [0.5, 0.6) is 0 Å². The number of nitrogens with two attached hydrogens (primary N) is 1. The number of halogens is 3. The Kier molecular flexibility index (Phi) is 3.52. The number of rotatable bonds is 3. The van der Waals surface area contributed by atoms with E-state index < -0.39 is 18.6 Å². The maximum atomic E-state index is 12.2. The SMILES string of the molecule is NC(Cc1ccnc2ccccc12)CC(F)(F)F. The second-order valence-electron chi connectivity index (χ2n) is 4.27. The lowest BCUT2D eigenvalue weighted by Crippen LogP contribution is -2.29. The fraction of sp³-hybridized carbons (Fsp3) is 0.308. The first kappa shape index (κ1) is 12.8. The van der Waals surface area contributed by atoms with Crippen LogP contribution in [-0.4, -0.2) is 17.2 Å². The molecule has 18 heavy (non-hydrogen) atoms. The minimum Gasteiger partial charge on any atom is -0.327 e. The maximum absolute atomic E-state index is 12.2. The zero-order valence-electron chi connectivity index (χ0n) is 9.61. The molecule has 2 aromatic rings. The minimum absolute atomic E-state index is 0.197. The highest BCUT2D eigenvalue weighted by atomic mass is 19.4. The van der Waals surface area contributed by atoms with Crippen LogP contribution in [0.3, 0.4) is 0 Å². The van der Waals surface area contributed by atoms with E-state index in [4.69, 9.17) is 5.73 Å². The fourth-order valence-electron chi connectivity index (χ4n) is 1.99. The van der Waals surface area contributed by atoms with Gasteiger partial charge in [0.05, 0.1) is 11.9 Å². The van der Waals surface area contributed by atoms with Gasteiger partial charge in [-0.2, -0.15) is 13.2 Å². The minimum atomic E-state index is -4.22. The molecule has 1 aromatic carbocycles. The molecule has 1 heterocycles. The van der Waals surface area contributed by atoms with Gasteiger partial charge in [-0.3, -0.25) is 4.98 Å². The first-order valence-electron chi connectivity index (χ1n) is 5.61. The molecule has 2 nitrogen and oxygen atoms in total. The van der Waals surface area contributed by atoms with E-state index in [0.717, 1.165) is 16.5 Å². The highest BCUT2D eigenvalue weighted by Crippen LogP contribution is 2.24. The van der Waals surface area contributed by atoms with Crippen molar-refractivity contribution in [1.82, 2.24) is 4.98 Å². The van der Waals surface area contributed by atoms with Crippen LogP contribution in [0.25, 0.3) is 10.9 Å². The molecule has 96 valence electrons. The third-order valence-corrected chi connectivity index (χ3v) is 2.72. The Balaban J connectivity index is 2.21. The molecule has 0 saturated heterocycles. The molecule has 0 radical (unpaired) electrons. The lowest BCUT2D eigenvalue weighted by Gasteiger charge is -2.15. The highest BCUT2D eigenvalue weighted by molar-refractivity contribution is 5.81. The molecule has 0 bridgehead atoms. The summed E-state index contributed by atoms with van der Waals surface area (Å²) in [6.07, 6.45) is -3.40. The van der Waals surface area contributed by atoms with Gasteiger partial charge in [0.15, 0.2) is 0 Å². The summed E-state index contributed by atoms with van der Waals surface area (Å²) in [7, 11) is 0. The third-order valence-electron chi connectivity index (χ3n) is 2.72. The van der Waals surface area contributed by atoms with Crippen LogP contribution < -0.4 is 5.73 Å². The molecular formula is C13H13F3N2. The normalized spacial score (nSPS) is 13.8. The molecule has 1 aromatic heterocycles. The molecule has 0 fully saturated rings. The Morgan fingerprint density at radius 3 is 2.61 bits per heavy atom. The van der Waals surface area contributed by atoms with Crippen molar-refractivity contribution in [3.8, 4) is 0 Å². The molecule has 1 unspecified atom stereocenters. The van der Waals surface area contributed by atoms with Crippen LogP contribution in [-0.2, 0) is 6.42 Å². The number of pyridine rings is 1. The molecule has 5 heteroatoms. The van der Waals surface area contributed by atoms with Crippen molar-refractivity contribution in [2.24, 2.45) is 5.73 Å². The van der Waals surface area contributed by atoms with Crippen LogP contribution >= 0.6 is 0 Å². The number of alkyl halides is 3. The van der Waals surface area contributed by atoms with Crippen LogP contribution in [0.4, 0.5) is 13.2 Å². The Bertz CT molecular complexity index is 532. The van der Waals surface area contributed by atoms with Gasteiger partial charge in [-0.05, 0) is 24.1 Å². The van der Waals surface area contributed by atoms with E-state index in [1.165, 1.54) is 0 Å². The second kappa shape index (κ2) is 4.94. The summed E-state index contributed by atoms with van der Waals surface area (Å²) in [4.78, 5) is 4.16. The summed E-state index contributed by atoms with van der Waals surface area (Å²) in [5, 5.41) is 0.859. The van der Waals surface area contributed by atoms with E-state index in [-0.39, 0.29) is 6.42 Å². The number of para-hydroxylation sites is 1. The van der Waals surface area contributed by atoms with E-state index in [1.807, 2.05) is 24.3 Å². The summed E-state index contributed by atoms with van der Waals surface area (Å²) in [5.74, 6) is 0. The van der Waals surface area contributed by atoms with Crippen molar-refractivity contribution in [1.29, 1.82) is 0 Å². The third kappa shape index (κ3) is 3.20. The van der Waals surface area contributed by atoms with Gasteiger partial charge in [0.2, 0.25) is 0 Å². The van der Waals surface area contributed by atoms with Crippen LogP contribution in [0.2, 0.25) is 0 Å². The standard InChI is InChI=1S/C13H13F3N2/c14-13(15,16)8-10(17)7-9-5-6-18-12-4-2-1-3-11(9)12/h1-6,10H,7-8,17H2. The van der Waals surface area contributed by atoms with E-state index in [9.17, 15) is 13.2 Å². The van der Waals surface area contributed by atoms with E-state index in [2.05, 4.69) is 4.98 Å². The average Bonchev–Trinajstić information content (AvgIpc) is 2.27. The molecule has 2 rings (SSSR count). The lowest BCUT2D eigenvalue weighted by atomic mass is 10.0. The van der Waals surface area contributed by atoms with Crippen molar-refractivity contribution in [3.05, 3.63) is 42.1 Å². The van der Waals surface area contributed by atoms with Crippen LogP contribution in [0.15, 0.2) is 36.5 Å². The Hall–Kier alpha value is -1.62. The summed E-state index contributed by atoms with van der Waals surface area (Å²) in [6.45, 7) is 0. The van der Waals surface area contributed by atoms with Crippen molar-refractivity contribution in [2.45, 2.75) is 25.1 Å². The molecule has 0 aliphatic heterocycles. The topological polar surface area (TPSA) is 38.9 Å². The van der Waals surface area contributed by atoms with Gasteiger partial charge in [-0.1, -0.05) is 18.2 Å². The Morgan fingerprint density at radius 2 is 1.89 bits per heavy atom. The quantitative estimate of drug-likeness (QED) is 0.914. The van der Waals surface area contributed by atoms with Gasteiger partial charge >= 0.3 is 6.18 Å². The van der Waals surface area contributed by atoms with Crippen LogP contribution in [0, 0.1) is 0 Å². The van der Waals surface area contributed by atoms with E-state index >= 15 is 0 Å². The summed E-state index contributed by atoms with van der Waals surface area (Å²) in [5.41, 5.74) is 7.12. The predicted octanol–water partition coefficient (Wildman–Crippen LogP) is 3.06. The maximum Gasteiger partial charge on any atom is 0.390 e. The van der Waals surface area contributed by atoms with Crippen molar-refractivity contribution in [2.75, 3.05) is 0 Å². The number of benzene rings is 1. The molecule has 0 aliphatic rings. The van der Waals surface area contributed by atoms with E-state index in [1.54, 1.807) is 12.3 Å². The summed E-state index contributed by atoms with van der Waals surface area (Å²) in [6, 6.07) is 8.15. The zero-order chi connectivity index (χ0) is 13.2. The van der Waals surface area contributed by atoms with Gasteiger partial charge in [0.1, 0.15) is 0 Å². The van der Waals surface area contributed by atoms with Gasteiger partial charge in [-0.15, -0.1) is 0 Å². The number of fused-ring (bicyclic) bond motifs is 1. The second-order valence-corrected chi connectivity index (χ2v) is 4.27. The average molecular weight is 254 g/mol. The Labute approximate surface area is 103 Å². The molecular weight excluding hydrogens is 241 g/mol. The smallest absolute Gasteiger partial charge is 0.327 e. The van der Waals surface area contributed by atoms with Gasteiger partial charge in [0, 0.05) is 17.6 Å². The molecule has 0 amide bonds. The highest BCUT2D eigenvalue weighted by Gasteiger charge is 2.30. The van der Waals surface area contributed by atoms with Crippen molar-refractivity contribution in [3.63, 3.8) is 0 Å². The van der Waals surface area contributed by atoms with Gasteiger partial charge in [-0.25, -0.2) is 0 Å². The summed E-state index contributed by atoms with van der Waals surface area (Å²) < 4.78 is 36.7. The monoisotopic (exact) mass is 254 g/mol. The molecule has 0 aliphatic carbocycles. The van der Waals surface area contributed by atoms with Gasteiger partial charge in [0.25, 0.3) is 0 Å². The summed E-state index contributed by atoms with van der Waals surface area (Å²) >= 11 is 0. The number of hydrogen-bond donors (Lipinski definition) is 1. The number of hydrogen-bond acceptors (Lipinski definition) is 2.